The van der Waals surface area contributed by atoms with E-state index >= 15 is 0 Å². The van der Waals surface area contributed by atoms with Crippen molar-refractivity contribution in [2.75, 3.05) is 6.54 Å². The quantitative estimate of drug-likeness (QED) is 0.803. The van der Waals surface area contributed by atoms with Crippen molar-refractivity contribution in [3.63, 3.8) is 0 Å². The van der Waals surface area contributed by atoms with Crippen LogP contribution < -0.4 is 10.6 Å². The molecule has 4 unspecified atom stereocenters. The molecule has 0 spiro atoms. The molecule has 2 fully saturated rings. The molecule has 2 saturated carbocycles. The van der Waals surface area contributed by atoms with Gasteiger partial charge in [0.1, 0.15) is 0 Å². The van der Waals surface area contributed by atoms with Crippen molar-refractivity contribution in [3.05, 3.63) is 0 Å². The van der Waals surface area contributed by atoms with E-state index in [0.29, 0.717) is 16.9 Å². The van der Waals surface area contributed by atoms with Crippen LogP contribution in [0, 0.1) is 16.7 Å². The van der Waals surface area contributed by atoms with Gasteiger partial charge in [0.15, 0.2) is 0 Å². The molecule has 3 nitrogen and oxygen atoms in total. The van der Waals surface area contributed by atoms with Crippen molar-refractivity contribution in [1.29, 1.82) is 0 Å². The van der Waals surface area contributed by atoms with E-state index in [1.165, 1.54) is 19.3 Å². The average Bonchev–Trinajstić information content (AvgIpc) is 2.68. The lowest BCUT2D eigenvalue weighted by Crippen LogP contribution is -2.52. The van der Waals surface area contributed by atoms with Gasteiger partial charge >= 0.3 is 0 Å². The van der Waals surface area contributed by atoms with Gasteiger partial charge in [0.05, 0.1) is 6.04 Å². The lowest BCUT2D eigenvalue weighted by atomic mass is 9.69. The molecule has 0 aromatic carbocycles. The predicted molar refractivity (Wildman–Crippen MR) is 78.9 cm³/mol. The summed E-state index contributed by atoms with van der Waals surface area (Å²) < 4.78 is 0. The Kier molecular flexibility index (Phi) is 3.97. The molecule has 2 N–H and O–H groups in total. The summed E-state index contributed by atoms with van der Waals surface area (Å²) in [5.74, 6) is 0.965. The van der Waals surface area contributed by atoms with Crippen molar-refractivity contribution in [2.24, 2.45) is 16.7 Å². The van der Waals surface area contributed by atoms with Gasteiger partial charge in [-0.3, -0.25) is 4.79 Å². The number of amides is 1. The number of hydrogen-bond donors (Lipinski definition) is 2. The molecule has 3 heteroatoms. The summed E-state index contributed by atoms with van der Waals surface area (Å²) in [5, 5.41) is 6.58. The molecule has 0 aromatic rings. The second-order valence-electron chi connectivity index (χ2n) is 7.34. The van der Waals surface area contributed by atoms with E-state index < -0.39 is 0 Å². The molecule has 4 atom stereocenters. The molecule has 19 heavy (non-hydrogen) atoms. The Labute approximate surface area is 117 Å². The van der Waals surface area contributed by atoms with Crippen LogP contribution in [0.15, 0.2) is 0 Å². The minimum absolute atomic E-state index is 0.0801. The van der Waals surface area contributed by atoms with Crippen molar-refractivity contribution < 1.29 is 4.79 Å². The van der Waals surface area contributed by atoms with Gasteiger partial charge in [-0.1, -0.05) is 27.7 Å². The molecule has 0 aromatic heterocycles. The SMILES string of the molecule is CCCNC(=O)C(C)NC1CC2CCC1(C)C2(C)C. The van der Waals surface area contributed by atoms with E-state index in [1.54, 1.807) is 0 Å². The van der Waals surface area contributed by atoms with Crippen LogP contribution in [0.4, 0.5) is 0 Å². The van der Waals surface area contributed by atoms with Gasteiger partial charge in [-0.05, 0) is 49.4 Å². The highest BCUT2D eigenvalue weighted by Crippen LogP contribution is 2.65. The normalized spacial score (nSPS) is 37.3. The molecule has 0 saturated heterocycles. The van der Waals surface area contributed by atoms with Crippen LogP contribution in [-0.4, -0.2) is 24.5 Å². The smallest absolute Gasteiger partial charge is 0.236 e. The molecule has 2 aliphatic carbocycles. The van der Waals surface area contributed by atoms with E-state index in [2.05, 4.69) is 38.3 Å². The highest BCUT2D eigenvalue weighted by molar-refractivity contribution is 5.81. The topological polar surface area (TPSA) is 41.1 Å². The zero-order valence-corrected chi connectivity index (χ0v) is 13.2. The molecule has 2 bridgehead atoms. The lowest BCUT2D eigenvalue weighted by molar-refractivity contribution is -0.123. The van der Waals surface area contributed by atoms with E-state index in [1.807, 2.05) is 6.92 Å². The number of fused-ring (bicyclic) bond motifs is 2. The third-order valence-electron chi connectivity index (χ3n) is 6.19. The summed E-state index contributed by atoms with van der Waals surface area (Å²) in [6.45, 7) is 12.1. The zero-order valence-electron chi connectivity index (χ0n) is 13.2. The van der Waals surface area contributed by atoms with Crippen LogP contribution >= 0.6 is 0 Å². The van der Waals surface area contributed by atoms with Crippen molar-refractivity contribution in [1.82, 2.24) is 10.6 Å². The Bertz CT molecular complexity index is 353. The molecular weight excluding hydrogens is 236 g/mol. The summed E-state index contributed by atoms with van der Waals surface area (Å²) in [5.41, 5.74) is 0.751. The van der Waals surface area contributed by atoms with Gasteiger partial charge in [-0.15, -0.1) is 0 Å². The Morgan fingerprint density at radius 1 is 1.37 bits per heavy atom. The maximum absolute atomic E-state index is 12.0. The first-order valence-electron chi connectivity index (χ1n) is 7.86. The van der Waals surface area contributed by atoms with Gasteiger partial charge in [0, 0.05) is 12.6 Å². The molecule has 0 heterocycles. The number of nitrogens with one attached hydrogen (secondary N) is 2. The first-order valence-corrected chi connectivity index (χ1v) is 7.86. The Balaban J connectivity index is 1.96. The van der Waals surface area contributed by atoms with Gasteiger partial charge in [0.25, 0.3) is 0 Å². The number of rotatable bonds is 5. The third-order valence-corrected chi connectivity index (χ3v) is 6.19. The van der Waals surface area contributed by atoms with Crippen LogP contribution in [0.2, 0.25) is 0 Å². The predicted octanol–water partition coefficient (Wildman–Crippen LogP) is 2.71. The van der Waals surface area contributed by atoms with E-state index in [0.717, 1.165) is 18.9 Å². The van der Waals surface area contributed by atoms with Crippen molar-refractivity contribution >= 4 is 5.91 Å². The maximum Gasteiger partial charge on any atom is 0.236 e. The Hall–Kier alpha value is -0.570. The average molecular weight is 266 g/mol. The summed E-state index contributed by atoms with van der Waals surface area (Å²) in [7, 11) is 0. The van der Waals surface area contributed by atoms with Gasteiger partial charge in [-0.25, -0.2) is 0 Å². The van der Waals surface area contributed by atoms with E-state index in [9.17, 15) is 4.79 Å². The summed E-state index contributed by atoms with van der Waals surface area (Å²) in [6.07, 6.45) is 4.88. The van der Waals surface area contributed by atoms with Crippen LogP contribution in [0.25, 0.3) is 0 Å². The van der Waals surface area contributed by atoms with Crippen LogP contribution in [0.5, 0.6) is 0 Å². The standard InChI is InChI=1S/C16H30N2O/c1-6-9-17-14(19)11(2)18-13-10-12-7-8-16(13,5)15(12,3)4/h11-13,18H,6-10H2,1-5H3,(H,17,19). The molecule has 2 rings (SSSR count). The maximum atomic E-state index is 12.0. The van der Waals surface area contributed by atoms with Crippen LogP contribution in [0.3, 0.4) is 0 Å². The zero-order chi connectivity index (χ0) is 14.3. The Morgan fingerprint density at radius 3 is 2.53 bits per heavy atom. The van der Waals surface area contributed by atoms with Crippen LogP contribution in [0.1, 0.15) is 60.3 Å². The highest BCUT2D eigenvalue weighted by atomic mass is 16.2. The van der Waals surface area contributed by atoms with Crippen molar-refractivity contribution in [2.45, 2.75) is 72.4 Å². The fourth-order valence-electron chi connectivity index (χ4n) is 4.23. The van der Waals surface area contributed by atoms with E-state index in [4.69, 9.17) is 0 Å². The lowest BCUT2D eigenvalue weighted by Gasteiger charge is -2.40. The van der Waals surface area contributed by atoms with Crippen LogP contribution in [-0.2, 0) is 4.79 Å². The minimum Gasteiger partial charge on any atom is -0.355 e. The molecular formula is C16H30N2O. The fraction of sp³-hybridized carbons (Fsp3) is 0.938. The summed E-state index contributed by atoms with van der Waals surface area (Å²) in [6, 6.07) is 0.409. The van der Waals surface area contributed by atoms with Gasteiger partial charge in [0.2, 0.25) is 5.91 Å². The molecule has 0 aliphatic heterocycles. The summed E-state index contributed by atoms with van der Waals surface area (Å²) >= 11 is 0. The second-order valence-corrected chi connectivity index (χ2v) is 7.34. The monoisotopic (exact) mass is 266 g/mol. The first-order chi connectivity index (χ1) is 8.83. The van der Waals surface area contributed by atoms with E-state index in [-0.39, 0.29) is 11.9 Å². The molecule has 0 radical (unpaired) electrons. The largest absolute Gasteiger partial charge is 0.355 e. The van der Waals surface area contributed by atoms with Gasteiger partial charge in [-0.2, -0.15) is 0 Å². The summed E-state index contributed by atoms with van der Waals surface area (Å²) in [4.78, 5) is 12.0. The Morgan fingerprint density at radius 2 is 2.05 bits per heavy atom. The number of carbonyl (C=O) groups excluding carboxylic acids is 1. The molecule has 110 valence electrons. The minimum atomic E-state index is -0.0801. The van der Waals surface area contributed by atoms with Crippen molar-refractivity contribution in [3.8, 4) is 0 Å². The fourth-order valence-corrected chi connectivity index (χ4v) is 4.23. The highest BCUT2D eigenvalue weighted by Gasteiger charge is 2.61. The molecule has 2 aliphatic rings. The number of carbonyl (C=O) groups is 1. The van der Waals surface area contributed by atoms with Gasteiger partial charge < -0.3 is 10.6 Å². The first kappa shape index (κ1) is 14.8. The second kappa shape index (κ2) is 5.08. The number of hydrogen-bond acceptors (Lipinski definition) is 2. The molecule has 1 amide bonds. The third kappa shape index (κ3) is 2.31.